The van der Waals surface area contributed by atoms with Gasteiger partial charge in [-0.3, -0.25) is 4.79 Å². The SMILES string of the molecule is O=C(Cc1nc2ccccc2o1)CC1CCCCC1. The number of Topliss-reactive ketones (excluding diaryl/α,β-unsaturated/α-hetero) is 1. The molecule has 1 aliphatic rings. The number of benzene rings is 1. The van der Waals surface area contributed by atoms with Crippen LogP contribution in [0.3, 0.4) is 0 Å². The van der Waals surface area contributed by atoms with E-state index in [9.17, 15) is 4.79 Å². The molecule has 0 radical (unpaired) electrons. The molecule has 0 spiro atoms. The first-order chi connectivity index (χ1) is 9.31. The van der Waals surface area contributed by atoms with Crippen LogP contribution in [0.1, 0.15) is 44.4 Å². The largest absolute Gasteiger partial charge is 0.440 e. The van der Waals surface area contributed by atoms with Gasteiger partial charge in [0, 0.05) is 6.42 Å². The van der Waals surface area contributed by atoms with Gasteiger partial charge in [-0.05, 0) is 18.1 Å². The van der Waals surface area contributed by atoms with Crippen molar-refractivity contribution >= 4 is 16.9 Å². The maximum atomic E-state index is 12.1. The van der Waals surface area contributed by atoms with E-state index in [4.69, 9.17) is 4.42 Å². The molecule has 0 saturated heterocycles. The third kappa shape index (κ3) is 3.03. The monoisotopic (exact) mass is 257 g/mol. The molecule has 19 heavy (non-hydrogen) atoms. The second kappa shape index (κ2) is 5.55. The Hall–Kier alpha value is -1.64. The fourth-order valence-electron chi connectivity index (χ4n) is 2.95. The molecular formula is C16H19NO2. The summed E-state index contributed by atoms with van der Waals surface area (Å²) in [5.74, 6) is 1.41. The second-order valence-corrected chi connectivity index (χ2v) is 5.50. The van der Waals surface area contributed by atoms with Crippen LogP contribution in [0.25, 0.3) is 11.1 Å². The number of fused-ring (bicyclic) bond motifs is 1. The number of hydrogen-bond donors (Lipinski definition) is 0. The van der Waals surface area contributed by atoms with E-state index in [2.05, 4.69) is 4.98 Å². The molecule has 1 saturated carbocycles. The number of aromatic nitrogens is 1. The van der Waals surface area contributed by atoms with Crippen LogP contribution in [0, 0.1) is 5.92 Å². The lowest BCUT2D eigenvalue weighted by Gasteiger charge is -2.20. The van der Waals surface area contributed by atoms with Gasteiger partial charge in [-0.15, -0.1) is 0 Å². The highest BCUT2D eigenvalue weighted by atomic mass is 16.3. The van der Waals surface area contributed by atoms with E-state index in [-0.39, 0.29) is 5.78 Å². The van der Waals surface area contributed by atoms with Crippen molar-refractivity contribution < 1.29 is 9.21 Å². The minimum absolute atomic E-state index is 0.262. The molecule has 100 valence electrons. The van der Waals surface area contributed by atoms with Gasteiger partial charge in [0.25, 0.3) is 0 Å². The molecule has 1 heterocycles. The quantitative estimate of drug-likeness (QED) is 0.834. The summed E-state index contributed by atoms with van der Waals surface area (Å²) in [6.45, 7) is 0. The standard InChI is InChI=1S/C16H19NO2/c18-13(10-12-6-2-1-3-7-12)11-16-17-14-8-4-5-9-15(14)19-16/h4-5,8-9,12H,1-3,6-7,10-11H2. The van der Waals surface area contributed by atoms with Crippen LogP contribution in [0.2, 0.25) is 0 Å². The number of oxazole rings is 1. The summed E-state index contributed by atoms with van der Waals surface area (Å²) in [4.78, 5) is 16.4. The van der Waals surface area contributed by atoms with E-state index >= 15 is 0 Å². The van der Waals surface area contributed by atoms with Gasteiger partial charge in [0.1, 0.15) is 11.3 Å². The summed E-state index contributed by atoms with van der Waals surface area (Å²) in [6, 6.07) is 7.64. The molecule has 0 atom stereocenters. The van der Waals surface area contributed by atoms with Crippen molar-refractivity contribution in [1.29, 1.82) is 0 Å². The molecule has 3 rings (SSSR count). The van der Waals surface area contributed by atoms with Crippen molar-refractivity contribution in [1.82, 2.24) is 4.98 Å². The number of hydrogen-bond acceptors (Lipinski definition) is 3. The number of nitrogens with zero attached hydrogens (tertiary/aromatic N) is 1. The number of carbonyl (C=O) groups excluding carboxylic acids is 1. The third-order valence-corrected chi connectivity index (χ3v) is 3.93. The molecule has 1 aliphatic carbocycles. The zero-order valence-corrected chi connectivity index (χ0v) is 11.1. The predicted octanol–water partition coefficient (Wildman–Crippen LogP) is 3.91. The van der Waals surface area contributed by atoms with Crippen molar-refractivity contribution in [2.75, 3.05) is 0 Å². The molecule has 0 aliphatic heterocycles. The van der Waals surface area contributed by atoms with Gasteiger partial charge in [0.05, 0.1) is 6.42 Å². The minimum Gasteiger partial charge on any atom is -0.440 e. The lowest BCUT2D eigenvalue weighted by atomic mass is 9.85. The molecule has 2 aromatic rings. The minimum atomic E-state index is 0.262. The van der Waals surface area contributed by atoms with Crippen molar-refractivity contribution in [3.8, 4) is 0 Å². The van der Waals surface area contributed by atoms with Gasteiger partial charge in [-0.1, -0.05) is 44.2 Å². The average molecular weight is 257 g/mol. The van der Waals surface area contributed by atoms with Crippen LogP contribution in [0.5, 0.6) is 0 Å². The van der Waals surface area contributed by atoms with Crippen LogP contribution in [-0.4, -0.2) is 10.8 Å². The fraction of sp³-hybridized carbons (Fsp3) is 0.500. The molecule has 0 bridgehead atoms. The zero-order valence-electron chi connectivity index (χ0n) is 11.1. The Kier molecular flexibility index (Phi) is 3.62. The lowest BCUT2D eigenvalue weighted by Crippen LogP contribution is -2.13. The number of carbonyl (C=O) groups is 1. The normalized spacial score (nSPS) is 16.8. The summed E-state index contributed by atoms with van der Waals surface area (Å²) in [5, 5.41) is 0. The van der Waals surface area contributed by atoms with Crippen molar-refractivity contribution in [2.45, 2.75) is 44.9 Å². The highest BCUT2D eigenvalue weighted by molar-refractivity contribution is 5.81. The first-order valence-electron chi connectivity index (χ1n) is 7.17. The van der Waals surface area contributed by atoms with E-state index in [1.807, 2.05) is 24.3 Å². The average Bonchev–Trinajstić information content (AvgIpc) is 2.81. The van der Waals surface area contributed by atoms with Crippen LogP contribution in [-0.2, 0) is 11.2 Å². The van der Waals surface area contributed by atoms with E-state index in [0.717, 1.165) is 11.1 Å². The lowest BCUT2D eigenvalue weighted by molar-refractivity contribution is -0.119. The Morgan fingerprint density at radius 1 is 1.21 bits per heavy atom. The summed E-state index contributed by atoms with van der Waals surface area (Å²) < 4.78 is 5.60. The van der Waals surface area contributed by atoms with Crippen molar-refractivity contribution in [3.05, 3.63) is 30.2 Å². The molecule has 0 N–H and O–H groups in total. The predicted molar refractivity (Wildman–Crippen MR) is 73.9 cm³/mol. The maximum absolute atomic E-state index is 12.1. The van der Waals surface area contributed by atoms with Crippen LogP contribution in [0.4, 0.5) is 0 Å². The molecule has 1 aromatic heterocycles. The molecule has 3 nitrogen and oxygen atoms in total. The number of para-hydroxylation sites is 2. The molecule has 3 heteroatoms. The van der Waals surface area contributed by atoms with Gasteiger partial charge < -0.3 is 4.42 Å². The van der Waals surface area contributed by atoms with Gasteiger partial charge in [0.2, 0.25) is 5.89 Å². The number of ketones is 1. The first-order valence-corrected chi connectivity index (χ1v) is 7.17. The molecule has 0 amide bonds. The highest BCUT2D eigenvalue weighted by Gasteiger charge is 2.18. The summed E-state index contributed by atoms with van der Waals surface area (Å²) in [5.41, 5.74) is 1.60. The Bertz CT molecular complexity index is 534. The Morgan fingerprint density at radius 3 is 2.79 bits per heavy atom. The smallest absolute Gasteiger partial charge is 0.202 e. The van der Waals surface area contributed by atoms with Crippen LogP contribution >= 0.6 is 0 Å². The maximum Gasteiger partial charge on any atom is 0.202 e. The molecular weight excluding hydrogens is 238 g/mol. The summed E-state index contributed by atoms with van der Waals surface area (Å²) in [7, 11) is 0. The third-order valence-electron chi connectivity index (χ3n) is 3.93. The van der Waals surface area contributed by atoms with E-state index in [0.29, 0.717) is 24.7 Å². The fourth-order valence-corrected chi connectivity index (χ4v) is 2.95. The Morgan fingerprint density at radius 2 is 2.00 bits per heavy atom. The summed E-state index contributed by atoms with van der Waals surface area (Å²) >= 11 is 0. The van der Waals surface area contributed by atoms with Crippen molar-refractivity contribution in [2.24, 2.45) is 5.92 Å². The molecule has 1 fully saturated rings. The second-order valence-electron chi connectivity index (χ2n) is 5.50. The molecule has 0 unspecified atom stereocenters. The first kappa shape index (κ1) is 12.4. The van der Waals surface area contributed by atoms with Crippen LogP contribution in [0.15, 0.2) is 28.7 Å². The van der Waals surface area contributed by atoms with E-state index < -0.39 is 0 Å². The topological polar surface area (TPSA) is 43.1 Å². The van der Waals surface area contributed by atoms with E-state index in [1.165, 1.54) is 32.1 Å². The van der Waals surface area contributed by atoms with Gasteiger partial charge in [0.15, 0.2) is 5.58 Å². The Balaban J connectivity index is 1.62. The zero-order chi connectivity index (χ0) is 13.1. The van der Waals surface area contributed by atoms with Crippen molar-refractivity contribution in [3.63, 3.8) is 0 Å². The van der Waals surface area contributed by atoms with Gasteiger partial charge in [-0.2, -0.15) is 0 Å². The Labute approximate surface area is 113 Å². The summed E-state index contributed by atoms with van der Waals surface area (Å²) in [6.07, 6.45) is 7.33. The highest BCUT2D eigenvalue weighted by Crippen LogP contribution is 2.27. The van der Waals surface area contributed by atoms with Gasteiger partial charge in [-0.25, -0.2) is 4.98 Å². The molecule has 1 aromatic carbocycles. The van der Waals surface area contributed by atoms with E-state index in [1.54, 1.807) is 0 Å². The van der Waals surface area contributed by atoms with Gasteiger partial charge >= 0.3 is 0 Å². The van der Waals surface area contributed by atoms with Crippen LogP contribution < -0.4 is 0 Å². The number of rotatable bonds is 4.